The molecule has 0 aromatic heterocycles. The van der Waals surface area contributed by atoms with Gasteiger partial charge in [0.1, 0.15) is 0 Å². The van der Waals surface area contributed by atoms with Crippen molar-refractivity contribution < 1.29 is 0 Å². The summed E-state index contributed by atoms with van der Waals surface area (Å²) < 4.78 is 0. The van der Waals surface area contributed by atoms with Crippen molar-refractivity contribution in [1.82, 2.24) is 0 Å². The minimum atomic E-state index is 1.01. The third kappa shape index (κ3) is 3.77. The van der Waals surface area contributed by atoms with Crippen molar-refractivity contribution >= 4 is 5.69 Å². The smallest absolute Gasteiger partial charge is 0.0454 e. The van der Waals surface area contributed by atoms with Gasteiger partial charge in [0, 0.05) is 17.1 Å². The number of hydrogen-bond acceptors (Lipinski definition) is 1. The van der Waals surface area contributed by atoms with Gasteiger partial charge in [-0.2, -0.15) is 0 Å². The Bertz CT molecular complexity index is 346. The van der Waals surface area contributed by atoms with Gasteiger partial charge in [-0.25, -0.2) is 0 Å². The minimum Gasteiger partial charge on any atom is -0.319 e. The molecule has 1 aromatic carbocycles. The molecule has 1 aromatic rings. The third-order valence-corrected chi connectivity index (χ3v) is 2.72. The van der Waals surface area contributed by atoms with Crippen molar-refractivity contribution in [3.05, 3.63) is 54.9 Å². The summed E-state index contributed by atoms with van der Waals surface area (Å²) in [6.45, 7) is 12.7. The fraction of sp³-hybridized carbons (Fsp3) is 0.375. The lowest BCUT2D eigenvalue weighted by Crippen LogP contribution is -2.20. The van der Waals surface area contributed by atoms with Gasteiger partial charge in [-0.3, -0.25) is 0 Å². The van der Waals surface area contributed by atoms with E-state index in [1.54, 1.807) is 0 Å². The van der Waals surface area contributed by atoms with Crippen LogP contribution in [0.5, 0.6) is 0 Å². The highest BCUT2D eigenvalue weighted by molar-refractivity contribution is 5.56. The van der Waals surface area contributed by atoms with Gasteiger partial charge in [0.2, 0.25) is 0 Å². The van der Waals surface area contributed by atoms with E-state index in [0.717, 1.165) is 37.1 Å². The van der Waals surface area contributed by atoms with E-state index >= 15 is 0 Å². The van der Waals surface area contributed by atoms with E-state index in [2.05, 4.69) is 56.2 Å². The van der Waals surface area contributed by atoms with E-state index in [1.165, 1.54) is 5.69 Å². The van der Waals surface area contributed by atoms with Gasteiger partial charge in [-0.1, -0.05) is 58.0 Å². The summed E-state index contributed by atoms with van der Waals surface area (Å²) in [5.74, 6) is 0. The average Bonchev–Trinajstić information content (AvgIpc) is 2.31. The number of nitrogens with zero attached hydrogens (tertiary/aromatic N) is 1. The molecule has 0 unspecified atom stereocenters. The van der Waals surface area contributed by atoms with Crippen LogP contribution >= 0.6 is 0 Å². The fourth-order valence-corrected chi connectivity index (χ4v) is 1.97. The van der Waals surface area contributed by atoms with E-state index in [9.17, 15) is 0 Å². The SMILES string of the molecule is C=C(CCC)N(C(=C)CCC)c1ccccc1. The Balaban J connectivity index is 2.94. The van der Waals surface area contributed by atoms with Crippen LogP contribution in [0.1, 0.15) is 39.5 Å². The van der Waals surface area contributed by atoms with Gasteiger partial charge < -0.3 is 4.90 Å². The van der Waals surface area contributed by atoms with Crippen molar-refractivity contribution in [1.29, 1.82) is 0 Å². The van der Waals surface area contributed by atoms with Crippen molar-refractivity contribution in [3.8, 4) is 0 Å². The molecule has 0 bridgehead atoms. The van der Waals surface area contributed by atoms with E-state index in [-0.39, 0.29) is 0 Å². The molecule has 0 atom stereocenters. The first-order chi connectivity index (χ1) is 8.20. The molecule has 1 nitrogen and oxygen atoms in total. The van der Waals surface area contributed by atoms with Crippen molar-refractivity contribution in [2.75, 3.05) is 4.90 Å². The Kier molecular flexibility index (Phi) is 5.55. The summed E-state index contributed by atoms with van der Waals surface area (Å²) in [6.07, 6.45) is 4.25. The largest absolute Gasteiger partial charge is 0.319 e. The fourth-order valence-electron chi connectivity index (χ4n) is 1.97. The highest BCUT2D eigenvalue weighted by Gasteiger charge is 2.12. The lowest BCUT2D eigenvalue weighted by molar-refractivity contribution is 0.815. The Labute approximate surface area is 105 Å². The van der Waals surface area contributed by atoms with Crippen LogP contribution in [0.4, 0.5) is 5.69 Å². The van der Waals surface area contributed by atoms with Crippen LogP contribution in [0.3, 0.4) is 0 Å². The van der Waals surface area contributed by atoms with E-state index in [1.807, 2.05) is 6.07 Å². The van der Waals surface area contributed by atoms with E-state index < -0.39 is 0 Å². The Morgan fingerprint density at radius 2 is 1.41 bits per heavy atom. The normalized spacial score (nSPS) is 10.0. The molecular weight excluding hydrogens is 206 g/mol. The second-order valence-electron chi connectivity index (χ2n) is 4.30. The second kappa shape index (κ2) is 6.95. The summed E-state index contributed by atoms with van der Waals surface area (Å²) in [5, 5.41) is 0. The molecule has 92 valence electrons. The first-order valence-electron chi connectivity index (χ1n) is 6.41. The lowest BCUT2D eigenvalue weighted by Gasteiger charge is -2.28. The number of hydrogen-bond donors (Lipinski definition) is 0. The van der Waals surface area contributed by atoms with Gasteiger partial charge in [0.05, 0.1) is 0 Å². The third-order valence-electron chi connectivity index (χ3n) is 2.72. The number of para-hydroxylation sites is 1. The van der Waals surface area contributed by atoms with Crippen LogP contribution in [0.15, 0.2) is 54.9 Å². The monoisotopic (exact) mass is 229 g/mol. The summed E-state index contributed by atoms with van der Waals surface area (Å²) in [6, 6.07) is 10.4. The van der Waals surface area contributed by atoms with E-state index in [0.29, 0.717) is 0 Å². The molecule has 0 radical (unpaired) electrons. The van der Waals surface area contributed by atoms with Gasteiger partial charge in [0.15, 0.2) is 0 Å². The molecule has 0 amide bonds. The predicted octanol–water partition coefficient (Wildman–Crippen LogP) is 5.12. The summed E-state index contributed by atoms with van der Waals surface area (Å²) >= 11 is 0. The van der Waals surface area contributed by atoms with Gasteiger partial charge in [0.25, 0.3) is 0 Å². The van der Waals surface area contributed by atoms with Gasteiger partial charge >= 0.3 is 0 Å². The molecule has 0 heterocycles. The van der Waals surface area contributed by atoms with Crippen LogP contribution in [-0.4, -0.2) is 0 Å². The van der Waals surface area contributed by atoms with Crippen LogP contribution in [0, 0.1) is 0 Å². The van der Waals surface area contributed by atoms with Gasteiger partial charge in [-0.15, -0.1) is 0 Å². The molecule has 1 rings (SSSR count). The number of anilines is 1. The second-order valence-corrected chi connectivity index (χ2v) is 4.30. The molecule has 0 spiro atoms. The molecule has 0 aliphatic rings. The highest BCUT2D eigenvalue weighted by Crippen LogP contribution is 2.26. The molecule has 0 aliphatic carbocycles. The number of allylic oxidation sites excluding steroid dienone is 2. The predicted molar refractivity (Wildman–Crippen MR) is 77.0 cm³/mol. The number of benzene rings is 1. The summed E-state index contributed by atoms with van der Waals surface area (Å²) in [4.78, 5) is 2.20. The average molecular weight is 229 g/mol. The molecule has 17 heavy (non-hydrogen) atoms. The van der Waals surface area contributed by atoms with Crippen molar-refractivity contribution in [2.45, 2.75) is 39.5 Å². The molecule has 0 N–H and O–H groups in total. The Morgan fingerprint density at radius 3 is 1.82 bits per heavy atom. The van der Waals surface area contributed by atoms with Gasteiger partial charge in [-0.05, 0) is 25.0 Å². The van der Waals surface area contributed by atoms with Crippen LogP contribution in [0.25, 0.3) is 0 Å². The van der Waals surface area contributed by atoms with E-state index in [4.69, 9.17) is 0 Å². The molecule has 0 aliphatic heterocycles. The first-order valence-corrected chi connectivity index (χ1v) is 6.41. The lowest BCUT2D eigenvalue weighted by atomic mass is 10.1. The molecule has 0 saturated carbocycles. The van der Waals surface area contributed by atoms with Crippen molar-refractivity contribution in [3.63, 3.8) is 0 Å². The summed E-state index contributed by atoms with van der Waals surface area (Å²) in [7, 11) is 0. The Hall–Kier alpha value is -1.50. The zero-order valence-electron chi connectivity index (χ0n) is 11.1. The minimum absolute atomic E-state index is 1.01. The van der Waals surface area contributed by atoms with Crippen molar-refractivity contribution in [2.24, 2.45) is 0 Å². The topological polar surface area (TPSA) is 3.24 Å². The maximum absolute atomic E-state index is 4.19. The molecule has 1 heteroatoms. The standard InChI is InChI=1S/C16H23N/c1-5-10-14(3)17(15(4)11-6-2)16-12-8-7-9-13-16/h7-9,12-13H,3-6,10-11H2,1-2H3. The van der Waals surface area contributed by atoms with Crippen LogP contribution < -0.4 is 4.90 Å². The zero-order valence-corrected chi connectivity index (χ0v) is 11.1. The molecule has 0 fully saturated rings. The number of rotatable bonds is 7. The van der Waals surface area contributed by atoms with Crippen LogP contribution in [-0.2, 0) is 0 Å². The quantitative estimate of drug-likeness (QED) is 0.627. The Morgan fingerprint density at radius 1 is 0.941 bits per heavy atom. The maximum atomic E-state index is 4.19. The maximum Gasteiger partial charge on any atom is 0.0454 e. The highest BCUT2D eigenvalue weighted by atomic mass is 15.1. The molecular formula is C16H23N. The zero-order chi connectivity index (χ0) is 12.7. The first kappa shape index (κ1) is 13.6. The van der Waals surface area contributed by atoms with Crippen LogP contribution in [0.2, 0.25) is 0 Å². The molecule has 0 saturated heterocycles. The summed E-state index contributed by atoms with van der Waals surface area (Å²) in [5.41, 5.74) is 3.44.